The molecule has 11 nitrogen and oxygen atoms in total. The average Bonchev–Trinajstić information content (AvgIpc) is 3.87. The summed E-state index contributed by atoms with van der Waals surface area (Å²) in [4.78, 5) is 44.6. The second-order valence-electron chi connectivity index (χ2n) is 13.5. The standard InChI is InChI=1S/C34H50N8O3/c1-6-28-33(44)39(4)29-20-35-34(38-31(29)42(28)22(2)3)37-27-14-9-24(19-30(27)45-5)32(43)36-25-10-12-26(13-11-25)41-17-15-40(16-18-41)21-23-7-8-23/h9,14,19-20,22-23,25-26,28H,6-8,10-13,15-18,21H2,1-5H3,(H,36,43)(H,35,37,38)/t25?,26?,28-/m1/s1. The first-order valence-electron chi connectivity index (χ1n) is 16.9. The number of nitrogens with zero attached hydrogens (tertiary/aromatic N) is 6. The quantitative estimate of drug-likeness (QED) is 0.404. The van der Waals surface area contributed by atoms with E-state index in [1.807, 2.05) is 19.1 Å². The second-order valence-corrected chi connectivity index (χ2v) is 13.5. The third kappa shape index (κ3) is 6.89. The van der Waals surface area contributed by atoms with E-state index < -0.39 is 0 Å². The summed E-state index contributed by atoms with van der Waals surface area (Å²) < 4.78 is 5.68. The molecule has 1 aromatic carbocycles. The molecule has 2 aliphatic carbocycles. The van der Waals surface area contributed by atoms with Gasteiger partial charge in [-0.25, -0.2) is 4.98 Å². The fraction of sp³-hybridized carbons (Fsp3) is 0.647. The summed E-state index contributed by atoms with van der Waals surface area (Å²) in [5.41, 5.74) is 1.91. The molecule has 2 N–H and O–H groups in total. The molecule has 45 heavy (non-hydrogen) atoms. The highest BCUT2D eigenvalue weighted by Gasteiger charge is 2.38. The van der Waals surface area contributed by atoms with Gasteiger partial charge in [0.15, 0.2) is 5.82 Å². The molecule has 3 fully saturated rings. The normalized spacial score (nSPS) is 24.5. The Bertz CT molecular complexity index is 1370. The molecule has 0 radical (unpaired) electrons. The molecule has 244 valence electrons. The van der Waals surface area contributed by atoms with Crippen LogP contribution in [-0.4, -0.2) is 103 Å². The molecule has 0 bridgehead atoms. The number of aromatic nitrogens is 2. The van der Waals surface area contributed by atoms with E-state index in [0.29, 0.717) is 41.1 Å². The van der Waals surface area contributed by atoms with Crippen molar-refractivity contribution in [1.82, 2.24) is 25.1 Å². The van der Waals surface area contributed by atoms with Gasteiger partial charge in [-0.3, -0.25) is 14.5 Å². The Morgan fingerprint density at radius 2 is 1.80 bits per heavy atom. The molecule has 4 aliphatic rings. The lowest BCUT2D eigenvalue weighted by Gasteiger charge is -2.42. The van der Waals surface area contributed by atoms with Crippen LogP contribution in [0, 0.1) is 5.92 Å². The van der Waals surface area contributed by atoms with Crippen molar-refractivity contribution >= 4 is 35.0 Å². The largest absolute Gasteiger partial charge is 0.495 e. The number of ether oxygens (including phenoxy) is 1. The number of rotatable bonds is 10. The van der Waals surface area contributed by atoms with Crippen LogP contribution < -0.4 is 25.2 Å². The molecule has 0 spiro atoms. The number of amides is 2. The number of fused-ring (bicyclic) bond motifs is 1. The van der Waals surface area contributed by atoms with Crippen LogP contribution in [0.3, 0.4) is 0 Å². The molecule has 11 heteroatoms. The molecule has 0 unspecified atom stereocenters. The first kappa shape index (κ1) is 31.5. The van der Waals surface area contributed by atoms with Crippen LogP contribution in [0.5, 0.6) is 5.75 Å². The summed E-state index contributed by atoms with van der Waals surface area (Å²) >= 11 is 0. The maximum absolute atomic E-state index is 13.3. The van der Waals surface area contributed by atoms with Gasteiger partial charge in [0.2, 0.25) is 11.9 Å². The Hall–Kier alpha value is -3.44. The third-order valence-electron chi connectivity index (χ3n) is 10.1. The Balaban J connectivity index is 1.06. The Kier molecular flexibility index (Phi) is 9.46. The zero-order valence-electron chi connectivity index (χ0n) is 27.6. The van der Waals surface area contributed by atoms with E-state index >= 15 is 0 Å². The lowest BCUT2D eigenvalue weighted by atomic mass is 9.89. The molecule has 2 amide bonds. The van der Waals surface area contributed by atoms with Gasteiger partial charge in [-0.2, -0.15) is 4.98 Å². The highest BCUT2D eigenvalue weighted by atomic mass is 16.5. The summed E-state index contributed by atoms with van der Waals surface area (Å²) in [6.45, 7) is 12.2. The van der Waals surface area contributed by atoms with Crippen molar-refractivity contribution in [2.24, 2.45) is 5.92 Å². The molecule has 2 aliphatic heterocycles. The highest BCUT2D eigenvalue weighted by molar-refractivity contribution is 6.04. The number of carbonyl (C=O) groups excluding carboxylic acids is 2. The number of anilines is 4. The Morgan fingerprint density at radius 3 is 2.44 bits per heavy atom. The molecular formula is C34H50N8O3. The zero-order chi connectivity index (χ0) is 31.7. The number of piperazine rings is 1. The summed E-state index contributed by atoms with van der Waals surface area (Å²) in [5, 5.41) is 6.55. The van der Waals surface area contributed by atoms with Gasteiger partial charge in [-0.1, -0.05) is 6.92 Å². The van der Waals surface area contributed by atoms with Crippen molar-refractivity contribution in [3.05, 3.63) is 30.0 Å². The van der Waals surface area contributed by atoms with Crippen LogP contribution >= 0.6 is 0 Å². The van der Waals surface area contributed by atoms with Gasteiger partial charge in [-0.15, -0.1) is 0 Å². The lowest BCUT2D eigenvalue weighted by molar-refractivity contribution is -0.120. The minimum atomic E-state index is -0.278. The summed E-state index contributed by atoms with van der Waals surface area (Å²) in [6, 6.07) is 6.05. The third-order valence-corrected chi connectivity index (χ3v) is 10.1. The van der Waals surface area contributed by atoms with Crippen molar-refractivity contribution in [1.29, 1.82) is 0 Å². The van der Waals surface area contributed by atoms with Crippen molar-refractivity contribution < 1.29 is 14.3 Å². The predicted molar refractivity (Wildman–Crippen MR) is 178 cm³/mol. The monoisotopic (exact) mass is 618 g/mol. The van der Waals surface area contributed by atoms with Crippen LogP contribution in [0.2, 0.25) is 0 Å². The number of hydrogen-bond acceptors (Lipinski definition) is 9. The van der Waals surface area contributed by atoms with Crippen LogP contribution in [0.25, 0.3) is 0 Å². The maximum Gasteiger partial charge on any atom is 0.251 e. The van der Waals surface area contributed by atoms with Crippen molar-refractivity contribution in [2.75, 3.05) is 62.0 Å². The van der Waals surface area contributed by atoms with E-state index in [9.17, 15) is 9.59 Å². The van der Waals surface area contributed by atoms with E-state index in [4.69, 9.17) is 9.72 Å². The van der Waals surface area contributed by atoms with E-state index in [1.165, 1.54) is 45.6 Å². The molecule has 1 atom stereocenters. The number of methoxy groups -OCH3 is 1. The van der Waals surface area contributed by atoms with E-state index in [1.54, 1.807) is 31.3 Å². The minimum absolute atomic E-state index is 0.0454. The number of likely N-dealkylation sites (N-methyl/N-ethyl adjacent to an activating group) is 1. The Labute approximate surface area is 267 Å². The maximum atomic E-state index is 13.3. The molecule has 6 rings (SSSR count). The van der Waals surface area contributed by atoms with Crippen LogP contribution in [0.4, 0.5) is 23.1 Å². The lowest BCUT2D eigenvalue weighted by Crippen LogP contribution is -2.54. The van der Waals surface area contributed by atoms with Crippen molar-refractivity contribution in [3.8, 4) is 5.75 Å². The van der Waals surface area contributed by atoms with E-state index in [0.717, 1.165) is 37.4 Å². The van der Waals surface area contributed by atoms with Gasteiger partial charge in [-0.05, 0) is 82.9 Å². The van der Waals surface area contributed by atoms with E-state index in [2.05, 4.69) is 44.2 Å². The number of benzene rings is 1. The number of carbonyl (C=O) groups is 2. The zero-order valence-corrected chi connectivity index (χ0v) is 27.6. The fourth-order valence-electron chi connectivity index (χ4n) is 7.32. The fourth-order valence-corrected chi connectivity index (χ4v) is 7.32. The van der Waals surface area contributed by atoms with Crippen LogP contribution in [0.15, 0.2) is 24.4 Å². The van der Waals surface area contributed by atoms with Gasteiger partial charge in [0, 0.05) is 63.5 Å². The van der Waals surface area contributed by atoms with Gasteiger partial charge >= 0.3 is 0 Å². The summed E-state index contributed by atoms with van der Waals surface area (Å²) in [6.07, 6.45) is 9.51. The molecule has 2 aromatic rings. The Morgan fingerprint density at radius 1 is 1.07 bits per heavy atom. The van der Waals surface area contributed by atoms with E-state index in [-0.39, 0.29) is 29.9 Å². The van der Waals surface area contributed by atoms with Gasteiger partial charge in [0.05, 0.1) is 19.0 Å². The SMILES string of the molecule is CC[C@@H]1C(=O)N(C)c2cnc(Nc3ccc(C(=O)NC4CCC(N5CCN(CC6CC6)CC5)CC4)cc3OC)nc2N1C(C)C. The summed E-state index contributed by atoms with van der Waals surface area (Å²) in [7, 11) is 3.36. The topological polar surface area (TPSA) is 106 Å². The smallest absolute Gasteiger partial charge is 0.251 e. The van der Waals surface area contributed by atoms with Crippen molar-refractivity contribution in [3.63, 3.8) is 0 Å². The average molecular weight is 619 g/mol. The first-order chi connectivity index (χ1) is 21.7. The molecule has 1 aromatic heterocycles. The van der Waals surface area contributed by atoms with Gasteiger partial charge < -0.3 is 30.1 Å². The number of nitrogens with one attached hydrogen (secondary N) is 2. The summed E-state index contributed by atoms with van der Waals surface area (Å²) in [5.74, 6) is 2.59. The molecular weight excluding hydrogens is 568 g/mol. The second kappa shape index (κ2) is 13.5. The molecule has 3 heterocycles. The predicted octanol–water partition coefficient (Wildman–Crippen LogP) is 4.27. The highest BCUT2D eigenvalue weighted by Crippen LogP contribution is 2.37. The van der Waals surface area contributed by atoms with Crippen LogP contribution in [0.1, 0.15) is 76.1 Å². The minimum Gasteiger partial charge on any atom is -0.495 e. The van der Waals surface area contributed by atoms with Gasteiger partial charge in [0.1, 0.15) is 17.5 Å². The van der Waals surface area contributed by atoms with Crippen LogP contribution in [-0.2, 0) is 4.79 Å². The van der Waals surface area contributed by atoms with Crippen molar-refractivity contribution in [2.45, 2.75) is 89.9 Å². The number of hydrogen-bond donors (Lipinski definition) is 2. The van der Waals surface area contributed by atoms with Gasteiger partial charge in [0.25, 0.3) is 5.91 Å². The molecule has 2 saturated carbocycles. The molecule has 1 saturated heterocycles. The first-order valence-corrected chi connectivity index (χ1v) is 16.9.